The number of methoxy groups -OCH3 is 2. The number of hydrogen-bond acceptors (Lipinski definition) is 4. The number of alkyl halides is 2. The van der Waals surface area contributed by atoms with E-state index in [9.17, 15) is 8.78 Å². The number of nitrogens with zero attached hydrogens (tertiary/aromatic N) is 1. The van der Waals surface area contributed by atoms with Gasteiger partial charge in [-0.25, -0.2) is 4.99 Å². The Hall–Kier alpha value is -1.36. The van der Waals surface area contributed by atoms with E-state index in [-0.39, 0.29) is 41.7 Å². The third-order valence-corrected chi connectivity index (χ3v) is 4.66. The highest BCUT2D eigenvalue weighted by molar-refractivity contribution is 14.0. The van der Waals surface area contributed by atoms with Crippen molar-refractivity contribution in [3.63, 3.8) is 0 Å². The molecule has 0 atom stereocenters. The largest absolute Gasteiger partial charge is 0.497 e. The number of halogens is 3. The molecule has 0 aliphatic heterocycles. The van der Waals surface area contributed by atoms with Gasteiger partial charge >= 0.3 is 6.61 Å². The Balaban J connectivity index is 0.00000392. The van der Waals surface area contributed by atoms with Crippen molar-refractivity contribution in [2.75, 3.05) is 33.9 Å². The molecule has 1 aliphatic rings. The predicted octanol–water partition coefficient (Wildman–Crippen LogP) is 3.79. The molecule has 1 aromatic rings. The summed E-state index contributed by atoms with van der Waals surface area (Å²) < 4.78 is 40.2. The van der Waals surface area contributed by atoms with Crippen molar-refractivity contribution in [2.24, 2.45) is 10.4 Å². The number of rotatable bonds is 11. The van der Waals surface area contributed by atoms with Gasteiger partial charge in [0.2, 0.25) is 0 Å². The summed E-state index contributed by atoms with van der Waals surface area (Å²) in [7, 11) is 3.24. The van der Waals surface area contributed by atoms with Crippen LogP contribution in [0.1, 0.15) is 31.7 Å². The van der Waals surface area contributed by atoms with Crippen molar-refractivity contribution < 1.29 is 23.0 Å². The second kappa shape index (κ2) is 12.3. The number of hydrogen-bond donors (Lipinski definition) is 2. The lowest BCUT2D eigenvalue weighted by atomic mass is 10.0. The van der Waals surface area contributed by atoms with Crippen LogP contribution >= 0.6 is 24.0 Å². The molecule has 1 saturated carbocycles. The van der Waals surface area contributed by atoms with Crippen molar-refractivity contribution in [3.8, 4) is 11.5 Å². The summed E-state index contributed by atoms with van der Waals surface area (Å²) in [6.45, 7) is 1.54. The standard InChI is InChI=1S/C19H29F2N3O3.HI/c1-4-22-18(24-13-19(7-8-19)9-10-25-2)23-12-14-11-15(26-3)5-6-16(14)27-17(20)21;/h5-6,11,17H,4,7-10,12-13H2,1-3H3,(H2,22,23,24);1H. The van der Waals surface area contributed by atoms with Gasteiger partial charge in [-0.2, -0.15) is 8.78 Å². The summed E-state index contributed by atoms with van der Waals surface area (Å²) in [6.07, 6.45) is 3.36. The average molecular weight is 513 g/mol. The molecule has 1 aliphatic carbocycles. The Morgan fingerprint density at radius 2 is 2.00 bits per heavy atom. The van der Waals surface area contributed by atoms with Gasteiger partial charge in [0.05, 0.1) is 13.7 Å². The molecular weight excluding hydrogens is 483 g/mol. The first kappa shape index (κ1) is 24.7. The number of benzene rings is 1. The second-order valence-corrected chi connectivity index (χ2v) is 6.64. The molecule has 0 amide bonds. The van der Waals surface area contributed by atoms with Crippen molar-refractivity contribution in [3.05, 3.63) is 23.8 Å². The molecule has 0 aromatic heterocycles. The van der Waals surface area contributed by atoms with Gasteiger partial charge in [0, 0.05) is 32.4 Å². The highest BCUT2D eigenvalue weighted by Gasteiger charge is 2.41. The Bertz CT molecular complexity index is 628. The number of nitrogens with one attached hydrogen (secondary N) is 2. The molecule has 0 bridgehead atoms. The van der Waals surface area contributed by atoms with Crippen LogP contribution in [-0.4, -0.2) is 46.5 Å². The minimum atomic E-state index is -2.89. The third kappa shape index (κ3) is 7.94. The fraction of sp³-hybridized carbons (Fsp3) is 0.632. The summed E-state index contributed by atoms with van der Waals surface area (Å²) in [6, 6.07) is 4.72. The fourth-order valence-electron chi connectivity index (χ4n) is 2.81. The molecule has 0 spiro atoms. The maximum atomic E-state index is 12.6. The van der Waals surface area contributed by atoms with Crippen molar-refractivity contribution in [2.45, 2.75) is 39.3 Å². The average Bonchev–Trinajstić information content (AvgIpc) is 3.43. The zero-order valence-electron chi connectivity index (χ0n) is 16.6. The molecule has 0 radical (unpaired) electrons. The van der Waals surface area contributed by atoms with Gasteiger partial charge in [-0.15, -0.1) is 24.0 Å². The first-order valence-corrected chi connectivity index (χ1v) is 9.15. The van der Waals surface area contributed by atoms with Gasteiger partial charge in [0.1, 0.15) is 11.5 Å². The normalized spacial score (nSPS) is 15.0. The molecule has 9 heteroatoms. The minimum absolute atomic E-state index is 0. The summed E-state index contributed by atoms with van der Waals surface area (Å²) in [4.78, 5) is 4.52. The highest BCUT2D eigenvalue weighted by atomic mass is 127. The van der Waals surface area contributed by atoms with E-state index in [1.165, 1.54) is 26.0 Å². The van der Waals surface area contributed by atoms with Crippen molar-refractivity contribution in [1.29, 1.82) is 0 Å². The van der Waals surface area contributed by atoms with Crippen LogP contribution < -0.4 is 20.1 Å². The van der Waals surface area contributed by atoms with E-state index in [2.05, 4.69) is 20.4 Å². The molecule has 0 saturated heterocycles. The monoisotopic (exact) mass is 513 g/mol. The van der Waals surface area contributed by atoms with Crippen LogP contribution in [-0.2, 0) is 11.3 Å². The van der Waals surface area contributed by atoms with E-state index in [0.29, 0.717) is 23.8 Å². The molecule has 0 unspecified atom stereocenters. The molecule has 6 nitrogen and oxygen atoms in total. The minimum Gasteiger partial charge on any atom is -0.497 e. The lowest BCUT2D eigenvalue weighted by Crippen LogP contribution is -2.40. The number of aliphatic imine (C=N–C) groups is 1. The van der Waals surface area contributed by atoms with E-state index in [1.54, 1.807) is 19.2 Å². The van der Waals surface area contributed by atoms with Crippen LogP contribution in [0.4, 0.5) is 8.78 Å². The van der Waals surface area contributed by atoms with Crippen molar-refractivity contribution in [1.82, 2.24) is 10.6 Å². The van der Waals surface area contributed by atoms with Crippen molar-refractivity contribution >= 4 is 29.9 Å². The summed E-state index contributed by atoms with van der Waals surface area (Å²) >= 11 is 0. The van der Waals surface area contributed by atoms with Gasteiger partial charge in [-0.3, -0.25) is 0 Å². The van der Waals surface area contributed by atoms with E-state index >= 15 is 0 Å². The zero-order chi connectivity index (χ0) is 19.7. The molecule has 28 heavy (non-hydrogen) atoms. The Kier molecular flexibility index (Phi) is 10.8. The van der Waals surface area contributed by atoms with Crippen LogP contribution in [0.15, 0.2) is 23.2 Å². The number of ether oxygens (including phenoxy) is 3. The van der Waals surface area contributed by atoms with E-state index in [4.69, 9.17) is 9.47 Å². The Morgan fingerprint density at radius 1 is 1.25 bits per heavy atom. The summed E-state index contributed by atoms with van der Waals surface area (Å²) in [5.41, 5.74) is 0.805. The van der Waals surface area contributed by atoms with Gasteiger partial charge in [-0.05, 0) is 49.8 Å². The zero-order valence-corrected chi connectivity index (χ0v) is 18.9. The van der Waals surface area contributed by atoms with Crippen LogP contribution in [0.2, 0.25) is 0 Å². The van der Waals surface area contributed by atoms with Gasteiger partial charge in [0.25, 0.3) is 0 Å². The first-order chi connectivity index (χ1) is 13.0. The molecule has 0 heterocycles. The molecule has 160 valence electrons. The maximum Gasteiger partial charge on any atom is 0.387 e. The topological polar surface area (TPSA) is 64.1 Å². The lowest BCUT2D eigenvalue weighted by Gasteiger charge is -2.18. The third-order valence-electron chi connectivity index (χ3n) is 4.66. The molecule has 1 fully saturated rings. The highest BCUT2D eigenvalue weighted by Crippen LogP contribution is 2.48. The summed E-state index contributed by atoms with van der Waals surface area (Å²) in [5.74, 6) is 1.31. The Labute approximate surface area is 182 Å². The first-order valence-electron chi connectivity index (χ1n) is 9.15. The smallest absolute Gasteiger partial charge is 0.387 e. The van der Waals surface area contributed by atoms with Gasteiger partial charge < -0.3 is 24.8 Å². The van der Waals surface area contributed by atoms with E-state index in [1.807, 2.05) is 6.92 Å². The lowest BCUT2D eigenvalue weighted by molar-refractivity contribution is -0.0504. The molecular formula is C19H30F2IN3O3. The summed E-state index contributed by atoms with van der Waals surface area (Å²) in [5, 5.41) is 6.54. The van der Waals surface area contributed by atoms with E-state index < -0.39 is 6.61 Å². The quantitative estimate of drug-likeness (QED) is 0.268. The molecule has 2 N–H and O–H groups in total. The van der Waals surface area contributed by atoms with Crippen LogP contribution in [0, 0.1) is 5.41 Å². The van der Waals surface area contributed by atoms with Crippen LogP contribution in [0.5, 0.6) is 11.5 Å². The second-order valence-electron chi connectivity index (χ2n) is 6.64. The van der Waals surface area contributed by atoms with Crippen LogP contribution in [0.25, 0.3) is 0 Å². The SMILES string of the molecule is CCNC(=NCc1cc(OC)ccc1OC(F)F)NCC1(CCOC)CC1.I. The maximum absolute atomic E-state index is 12.6. The fourth-order valence-corrected chi connectivity index (χ4v) is 2.81. The van der Waals surface area contributed by atoms with E-state index in [0.717, 1.165) is 19.6 Å². The molecule has 1 aromatic carbocycles. The van der Waals surface area contributed by atoms with Crippen LogP contribution in [0.3, 0.4) is 0 Å². The molecule has 2 rings (SSSR count). The Morgan fingerprint density at radius 3 is 2.57 bits per heavy atom. The predicted molar refractivity (Wildman–Crippen MR) is 116 cm³/mol. The van der Waals surface area contributed by atoms with Gasteiger partial charge in [0.15, 0.2) is 5.96 Å². The van der Waals surface area contributed by atoms with Gasteiger partial charge in [-0.1, -0.05) is 0 Å². The number of guanidine groups is 1.